The van der Waals surface area contributed by atoms with Gasteiger partial charge in [0.05, 0.1) is 11.5 Å². The Morgan fingerprint density at radius 3 is 2.30 bits per heavy atom. The van der Waals surface area contributed by atoms with Gasteiger partial charge in [-0.3, -0.25) is 4.79 Å². The van der Waals surface area contributed by atoms with Crippen LogP contribution in [0.25, 0.3) is 0 Å². The third kappa shape index (κ3) is 4.65. The van der Waals surface area contributed by atoms with Crippen molar-refractivity contribution in [3.63, 3.8) is 0 Å². The fourth-order valence-corrected chi connectivity index (χ4v) is 3.88. The summed E-state index contributed by atoms with van der Waals surface area (Å²) in [6, 6.07) is 15.4. The predicted molar refractivity (Wildman–Crippen MR) is 112 cm³/mol. The Balaban J connectivity index is 1.78. The Hall–Kier alpha value is -2.00. The van der Waals surface area contributed by atoms with E-state index in [1.807, 2.05) is 48.5 Å². The van der Waals surface area contributed by atoms with Gasteiger partial charge in [0.25, 0.3) is 0 Å². The lowest BCUT2D eigenvalue weighted by Gasteiger charge is -2.36. The largest absolute Gasteiger partial charge is 0.491 e. The first-order valence-corrected chi connectivity index (χ1v) is 10.3. The zero-order valence-electron chi connectivity index (χ0n) is 16.1. The zero-order valence-corrected chi connectivity index (χ0v) is 16.9. The van der Waals surface area contributed by atoms with Gasteiger partial charge in [-0.25, -0.2) is 0 Å². The maximum atomic E-state index is 13.3. The molecular formula is C23H28ClNO2. The summed E-state index contributed by atoms with van der Waals surface area (Å²) in [7, 11) is 0. The van der Waals surface area contributed by atoms with Gasteiger partial charge in [-0.05, 0) is 68.1 Å². The standard InChI is InChI=1S/C23H28ClNO2/c1-3-17(2)27-21-13-11-20(12-14-21)25-22(26)23(15-5-4-6-16-23)18-7-9-19(24)10-8-18/h7-14,17H,3-6,15-16H2,1-2H3,(H,25,26)/t17-/m1/s1. The number of rotatable bonds is 6. The monoisotopic (exact) mass is 385 g/mol. The summed E-state index contributed by atoms with van der Waals surface area (Å²) >= 11 is 6.05. The van der Waals surface area contributed by atoms with Crippen LogP contribution in [-0.4, -0.2) is 12.0 Å². The molecule has 2 aromatic rings. The van der Waals surface area contributed by atoms with Crippen molar-refractivity contribution in [2.24, 2.45) is 0 Å². The van der Waals surface area contributed by atoms with E-state index in [2.05, 4.69) is 19.2 Å². The fraction of sp³-hybridized carbons (Fsp3) is 0.435. The third-order valence-corrected chi connectivity index (χ3v) is 5.81. The van der Waals surface area contributed by atoms with Gasteiger partial charge in [-0.1, -0.05) is 49.9 Å². The average molecular weight is 386 g/mol. The lowest BCUT2D eigenvalue weighted by molar-refractivity contribution is -0.122. The minimum Gasteiger partial charge on any atom is -0.491 e. The first kappa shape index (κ1) is 19.8. The Morgan fingerprint density at radius 2 is 1.70 bits per heavy atom. The van der Waals surface area contributed by atoms with Crippen molar-refractivity contribution in [1.82, 2.24) is 0 Å². The molecule has 0 saturated heterocycles. The summed E-state index contributed by atoms with van der Waals surface area (Å²) in [4.78, 5) is 13.3. The van der Waals surface area contributed by atoms with E-state index in [4.69, 9.17) is 16.3 Å². The highest BCUT2D eigenvalue weighted by molar-refractivity contribution is 6.30. The molecular weight excluding hydrogens is 358 g/mol. The highest BCUT2D eigenvalue weighted by Gasteiger charge is 2.41. The number of anilines is 1. The van der Waals surface area contributed by atoms with Crippen molar-refractivity contribution in [3.05, 3.63) is 59.1 Å². The van der Waals surface area contributed by atoms with Crippen molar-refractivity contribution >= 4 is 23.2 Å². The smallest absolute Gasteiger partial charge is 0.235 e. The van der Waals surface area contributed by atoms with E-state index >= 15 is 0 Å². The summed E-state index contributed by atoms with van der Waals surface area (Å²) in [5.74, 6) is 0.896. The molecule has 1 fully saturated rings. The fourth-order valence-electron chi connectivity index (χ4n) is 3.75. The molecule has 0 bridgehead atoms. The molecule has 4 heteroatoms. The topological polar surface area (TPSA) is 38.3 Å². The van der Waals surface area contributed by atoms with E-state index in [9.17, 15) is 4.79 Å². The van der Waals surface area contributed by atoms with Crippen LogP contribution in [0, 0.1) is 0 Å². The van der Waals surface area contributed by atoms with E-state index in [0.29, 0.717) is 5.02 Å². The number of halogens is 1. The summed E-state index contributed by atoms with van der Waals surface area (Å²) in [5.41, 5.74) is 1.38. The van der Waals surface area contributed by atoms with Gasteiger partial charge < -0.3 is 10.1 Å². The maximum absolute atomic E-state index is 13.3. The summed E-state index contributed by atoms with van der Waals surface area (Å²) in [6.07, 6.45) is 6.20. The molecule has 1 amide bonds. The van der Waals surface area contributed by atoms with Crippen LogP contribution in [0.15, 0.2) is 48.5 Å². The number of ether oxygens (including phenoxy) is 1. The second-order valence-electron chi connectivity index (χ2n) is 7.46. The van der Waals surface area contributed by atoms with Crippen molar-refractivity contribution in [2.45, 2.75) is 63.9 Å². The number of carbonyl (C=O) groups excluding carboxylic acids is 1. The van der Waals surface area contributed by atoms with Gasteiger partial charge in [0.1, 0.15) is 5.75 Å². The molecule has 0 spiro atoms. The molecule has 27 heavy (non-hydrogen) atoms. The quantitative estimate of drug-likeness (QED) is 0.628. The van der Waals surface area contributed by atoms with Crippen molar-refractivity contribution in [1.29, 1.82) is 0 Å². The Bertz CT molecular complexity index is 749. The first-order chi connectivity index (χ1) is 13.0. The van der Waals surface area contributed by atoms with Crippen LogP contribution in [0.3, 0.4) is 0 Å². The average Bonchev–Trinajstić information content (AvgIpc) is 2.70. The van der Waals surface area contributed by atoms with Gasteiger partial charge in [0.15, 0.2) is 0 Å². The number of hydrogen-bond donors (Lipinski definition) is 1. The molecule has 3 nitrogen and oxygen atoms in total. The van der Waals surface area contributed by atoms with Crippen LogP contribution in [0.2, 0.25) is 5.02 Å². The van der Waals surface area contributed by atoms with Crippen molar-refractivity contribution in [2.75, 3.05) is 5.32 Å². The Labute approximate surface area is 167 Å². The van der Waals surface area contributed by atoms with Gasteiger partial charge in [0, 0.05) is 10.7 Å². The number of carbonyl (C=O) groups is 1. The molecule has 0 aromatic heterocycles. The Kier molecular flexibility index (Phi) is 6.43. The van der Waals surface area contributed by atoms with Gasteiger partial charge >= 0.3 is 0 Å². The van der Waals surface area contributed by atoms with Crippen molar-refractivity contribution in [3.8, 4) is 5.75 Å². The minimum absolute atomic E-state index is 0.0696. The van der Waals surface area contributed by atoms with Gasteiger partial charge in [-0.15, -0.1) is 0 Å². The molecule has 144 valence electrons. The molecule has 1 atom stereocenters. The number of benzene rings is 2. The van der Waals surface area contributed by atoms with E-state index in [1.165, 1.54) is 6.42 Å². The van der Waals surface area contributed by atoms with Gasteiger partial charge in [-0.2, -0.15) is 0 Å². The molecule has 2 aromatic carbocycles. The number of nitrogens with one attached hydrogen (secondary N) is 1. The van der Waals surface area contributed by atoms with Crippen LogP contribution < -0.4 is 10.1 Å². The molecule has 3 rings (SSSR count). The molecule has 0 unspecified atom stereocenters. The van der Waals surface area contributed by atoms with Crippen LogP contribution in [-0.2, 0) is 10.2 Å². The predicted octanol–water partition coefficient (Wildman–Crippen LogP) is 6.36. The Morgan fingerprint density at radius 1 is 1.07 bits per heavy atom. The summed E-state index contributed by atoms with van der Waals surface area (Å²) in [5, 5.41) is 3.83. The van der Waals surface area contributed by atoms with E-state index in [0.717, 1.165) is 49.1 Å². The molecule has 0 heterocycles. The minimum atomic E-state index is -0.477. The van der Waals surface area contributed by atoms with E-state index in [-0.39, 0.29) is 12.0 Å². The van der Waals surface area contributed by atoms with E-state index in [1.54, 1.807) is 0 Å². The van der Waals surface area contributed by atoms with E-state index < -0.39 is 5.41 Å². The molecule has 1 aliphatic rings. The first-order valence-electron chi connectivity index (χ1n) is 9.88. The summed E-state index contributed by atoms with van der Waals surface area (Å²) < 4.78 is 5.81. The van der Waals surface area contributed by atoms with Crippen LogP contribution in [0.4, 0.5) is 5.69 Å². The molecule has 1 saturated carbocycles. The highest BCUT2D eigenvalue weighted by atomic mass is 35.5. The highest BCUT2D eigenvalue weighted by Crippen LogP contribution is 2.41. The molecule has 1 aliphatic carbocycles. The maximum Gasteiger partial charge on any atom is 0.235 e. The van der Waals surface area contributed by atoms with Crippen LogP contribution >= 0.6 is 11.6 Å². The number of amides is 1. The molecule has 0 radical (unpaired) electrons. The lowest BCUT2D eigenvalue weighted by atomic mass is 9.68. The second kappa shape index (κ2) is 8.79. The molecule has 1 N–H and O–H groups in total. The normalized spacial score (nSPS) is 17.1. The number of hydrogen-bond acceptors (Lipinski definition) is 2. The van der Waals surface area contributed by atoms with Crippen molar-refractivity contribution < 1.29 is 9.53 Å². The SMILES string of the molecule is CC[C@@H](C)Oc1ccc(NC(=O)C2(c3ccc(Cl)cc3)CCCCC2)cc1. The second-order valence-corrected chi connectivity index (χ2v) is 7.90. The zero-order chi connectivity index (χ0) is 19.3. The van der Waals surface area contributed by atoms with Crippen LogP contribution in [0.5, 0.6) is 5.75 Å². The summed E-state index contributed by atoms with van der Waals surface area (Å²) in [6.45, 7) is 4.15. The lowest BCUT2D eigenvalue weighted by Crippen LogP contribution is -2.42. The van der Waals surface area contributed by atoms with Crippen LogP contribution in [0.1, 0.15) is 57.9 Å². The molecule has 0 aliphatic heterocycles. The third-order valence-electron chi connectivity index (χ3n) is 5.56. The van der Waals surface area contributed by atoms with Gasteiger partial charge in [0.2, 0.25) is 5.91 Å².